The number of imidazole rings is 1. The number of benzene rings is 2. The van der Waals surface area contributed by atoms with Crippen LogP contribution in [0.5, 0.6) is 0 Å². The summed E-state index contributed by atoms with van der Waals surface area (Å²) in [6.45, 7) is 0.214. The van der Waals surface area contributed by atoms with Gasteiger partial charge in [-0.2, -0.15) is 0 Å². The molecule has 0 saturated carbocycles. The summed E-state index contributed by atoms with van der Waals surface area (Å²) in [5.74, 6) is 0.706. The van der Waals surface area contributed by atoms with Gasteiger partial charge in [0.05, 0.1) is 18.1 Å². The number of nitrogens with zero attached hydrogens (tertiary/aromatic N) is 4. The largest absolute Gasteiger partial charge is 0.379 e. The Labute approximate surface area is 143 Å². The fourth-order valence-corrected chi connectivity index (χ4v) is 2.85. The molecule has 2 heterocycles. The maximum Gasteiger partial charge on any atom is 0.199 e. The van der Waals surface area contributed by atoms with Crippen LogP contribution < -0.4 is 11.5 Å². The molecule has 0 aliphatic rings. The molecule has 0 bridgehead atoms. The molecule has 2 aromatic heterocycles. The Hall–Kier alpha value is -3.45. The van der Waals surface area contributed by atoms with Gasteiger partial charge in [-0.15, -0.1) is 0 Å². The molecule has 4 N–H and O–H groups in total. The van der Waals surface area contributed by atoms with E-state index in [2.05, 4.69) is 10.3 Å². The fourth-order valence-electron chi connectivity index (χ4n) is 2.85. The zero-order chi connectivity index (χ0) is 17.2. The Kier molecular flexibility index (Phi) is 3.75. The van der Waals surface area contributed by atoms with Gasteiger partial charge < -0.3 is 16.0 Å². The quantitative estimate of drug-likeness (QED) is 0.595. The summed E-state index contributed by atoms with van der Waals surface area (Å²) in [6, 6.07) is 19.9. The molecule has 7 heteroatoms. The van der Waals surface area contributed by atoms with E-state index in [1.165, 1.54) is 0 Å². The van der Waals surface area contributed by atoms with Gasteiger partial charge in [0.25, 0.3) is 0 Å². The van der Waals surface area contributed by atoms with E-state index >= 15 is 0 Å². The molecular weight excluding hydrogens is 316 g/mol. The van der Waals surface area contributed by atoms with Crippen molar-refractivity contribution in [3.05, 3.63) is 60.7 Å². The molecular formula is C18H16N6O. The molecule has 4 rings (SSSR count). The van der Waals surface area contributed by atoms with Gasteiger partial charge in [0, 0.05) is 11.1 Å². The van der Waals surface area contributed by atoms with Crippen LogP contribution in [-0.4, -0.2) is 19.9 Å². The van der Waals surface area contributed by atoms with Crippen molar-refractivity contribution in [3.8, 4) is 34.0 Å². The monoisotopic (exact) mass is 332 g/mol. The molecule has 25 heavy (non-hydrogen) atoms. The van der Waals surface area contributed by atoms with Gasteiger partial charge in [-0.05, 0) is 10.3 Å². The summed E-state index contributed by atoms with van der Waals surface area (Å²) in [6.07, 6.45) is 0. The lowest BCUT2D eigenvalue weighted by Gasteiger charge is -2.10. The number of aromatic nitrogens is 4. The first kappa shape index (κ1) is 15.1. The Balaban J connectivity index is 2.03. The van der Waals surface area contributed by atoms with Crippen LogP contribution in [0.2, 0.25) is 0 Å². The zero-order valence-corrected chi connectivity index (χ0v) is 13.3. The van der Waals surface area contributed by atoms with E-state index < -0.39 is 0 Å². The smallest absolute Gasteiger partial charge is 0.199 e. The van der Waals surface area contributed by atoms with Gasteiger partial charge in [-0.3, -0.25) is 0 Å². The molecule has 0 radical (unpaired) electrons. The first-order valence-corrected chi connectivity index (χ1v) is 7.79. The topological polar surface area (TPSA) is 109 Å². The molecule has 0 atom stereocenters. The van der Waals surface area contributed by atoms with Gasteiger partial charge in [0.15, 0.2) is 17.3 Å². The third-order valence-electron chi connectivity index (χ3n) is 3.97. The normalized spacial score (nSPS) is 10.9. The lowest BCUT2D eigenvalue weighted by molar-refractivity contribution is 0.310. The minimum Gasteiger partial charge on any atom is -0.379 e. The molecule has 0 aliphatic carbocycles. The first-order chi connectivity index (χ1) is 12.3. The lowest BCUT2D eigenvalue weighted by atomic mass is 10.0. The second-order valence-corrected chi connectivity index (χ2v) is 5.47. The van der Waals surface area contributed by atoms with E-state index in [1.807, 2.05) is 65.2 Å². The van der Waals surface area contributed by atoms with Crippen LogP contribution in [-0.2, 0) is 6.67 Å². The van der Waals surface area contributed by atoms with E-state index in [4.69, 9.17) is 21.1 Å². The van der Waals surface area contributed by atoms with Crippen LogP contribution >= 0.6 is 0 Å². The second kappa shape index (κ2) is 6.21. The van der Waals surface area contributed by atoms with Crippen molar-refractivity contribution in [1.29, 1.82) is 0 Å². The fraction of sp³-hybridized carbons (Fsp3) is 0.0556. The zero-order valence-electron chi connectivity index (χ0n) is 13.3. The molecule has 0 amide bonds. The van der Waals surface area contributed by atoms with E-state index in [9.17, 15) is 0 Å². The summed E-state index contributed by atoms with van der Waals surface area (Å²) in [4.78, 5) is 4.77. The minimum atomic E-state index is 0.180. The highest BCUT2D eigenvalue weighted by Crippen LogP contribution is 2.36. The van der Waals surface area contributed by atoms with Crippen LogP contribution in [0.25, 0.3) is 34.0 Å². The average molecular weight is 332 g/mol. The second-order valence-electron chi connectivity index (χ2n) is 5.47. The Morgan fingerprint density at radius 1 is 0.840 bits per heavy atom. The van der Waals surface area contributed by atoms with Gasteiger partial charge in [0.1, 0.15) is 0 Å². The van der Waals surface area contributed by atoms with Crippen molar-refractivity contribution < 1.29 is 4.63 Å². The van der Waals surface area contributed by atoms with Crippen molar-refractivity contribution in [2.45, 2.75) is 6.67 Å². The summed E-state index contributed by atoms with van der Waals surface area (Å²) in [5.41, 5.74) is 16.0. The van der Waals surface area contributed by atoms with E-state index in [-0.39, 0.29) is 12.5 Å². The summed E-state index contributed by atoms with van der Waals surface area (Å²) < 4.78 is 6.61. The third-order valence-corrected chi connectivity index (χ3v) is 3.97. The number of nitrogen functional groups attached to an aromatic ring is 1. The maximum absolute atomic E-state index is 6.04. The molecule has 0 spiro atoms. The Morgan fingerprint density at radius 3 is 2.04 bits per heavy atom. The van der Waals surface area contributed by atoms with Crippen LogP contribution in [0.3, 0.4) is 0 Å². The minimum absolute atomic E-state index is 0.180. The highest BCUT2D eigenvalue weighted by Gasteiger charge is 2.23. The van der Waals surface area contributed by atoms with Gasteiger partial charge in [0.2, 0.25) is 0 Å². The number of rotatable bonds is 4. The number of anilines is 1. The predicted molar refractivity (Wildman–Crippen MR) is 95.0 cm³/mol. The van der Waals surface area contributed by atoms with Crippen molar-refractivity contribution in [2.24, 2.45) is 5.73 Å². The van der Waals surface area contributed by atoms with Crippen LogP contribution in [0, 0.1) is 0 Å². The highest BCUT2D eigenvalue weighted by molar-refractivity contribution is 5.82. The number of nitrogens with two attached hydrogens (primary N) is 2. The summed E-state index contributed by atoms with van der Waals surface area (Å²) in [5, 5.41) is 7.54. The first-order valence-electron chi connectivity index (χ1n) is 7.79. The molecule has 0 fully saturated rings. The van der Waals surface area contributed by atoms with Gasteiger partial charge >= 0.3 is 0 Å². The van der Waals surface area contributed by atoms with Crippen molar-refractivity contribution in [1.82, 2.24) is 19.9 Å². The van der Waals surface area contributed by atoms with Crippen molar-refractivity contribution in [2.75, 3.05) is 5.73 Å². The van der Waals surface area contributed by atoms with Crippen molar-refractivity contribution in [3.63, 3.8) is 0 Å². The molecule has 0 saturated heterocycles. The molecule has 7 nitrogen and oxygen atoms in total. The van der Waals surface area contributed by atoms with Gasteiger partial charge in [-0.1, -0.05) is 60.7 Å². The standard InChI is InChI=1S/C18H16N6O/c19-11-24-16(13-9-5-2-6-10-13)14(12-7-3-1-4-8-12)21-18(24)15-17(20)23-25-22-15/h1-10H,11,19H2,(H2,20,23). The summed E-state index contributed by atoms with van der Waals surface area (Å²) in [7, 11) is 0. The SMILES string of the molecule is NCn1c(-c2nonc2N)nc(-c2ccccc2)c1-c1ccccc1. The van der Waals surface area contributed by atoms with E-state index in [0.717, 1.165) is 22.5 Å². The molecule has 0 unspecified atom stereocenters. The molecule has 4 aromatic rings. The molecule has 0 aliphatic heterocycles. The number of hydrogen-bond acceptors (Lipinski definition) is 6. The predicted octanol–water partition coefficient (Wildman–Crippen LogP) is 2.77. The molecule has 124 valence electrons. The third kappa shape index (κ3) is 2.56. The molecule has 2 aromatic carbocycles. The van der Waals surface area contributed by atoms with Crippen LogP contribution in [0.4, 0.5) is 5.82 Å². The van der Waals surface area contributed by atoms with Crippen LogP contribution in [0.15, 0.2) is 65.3 Å². The maximum atomic E-state index is 6.04. The van der Waals surface area contributed by atoms with E-state index in [1.54, 1.807) is 0 Å². The summed E-state index contributed by atoms with van der Waals surface area (Å²) >= 11 is 0. The number of hydrogen-bond donors (Lipinski definition) is 2. The Morgan fingerprint density at radius 2 is 1.48 bits per heavy atom. The van der Waals surface area contributed by atoms with E-state index in [0.29, 0.717) is 11.5 Å². The average Bonchev–Trinajstić information content (AvgIpc) is 3.26. The lowest BCUT2D eigenvalue weighted by Crippen LogP contribution is -2.11. The Bertz CT molecular complexity index is 991. The van der Waals surface area contributed by atoms with Crippen molar-refractivity contribution >= 4 is 5.82 Å². The van der Waals surface area contributed by atoms with Gasteiger partial charge in [-0.25, -0.2) is 9.61 Å². The van der Waals surface area contributed by atoms with Crippen LogP contribution in [0.1, 0.15) is 0 Å². The highest BCUT2D eigenvalue weighted by atomic mass is 16.6.